The Labute approximate surface area is 139 Å². The van der Waals surface area contributed by atoms with Gasteiger partial charge in [0, 0.05) is 18.1 Å². The van der Waals surface area contributed by atoms with Gasteiger partial charge in [0.2, 0.25) is 10.0 Å². The predicted molar refractivity (Wildman–Crippen MR) is 93.7 cm³/mol. The fraction of sp³-hybridized carbons (Fsp3) is 0.333. The van der Waals surface area contributed by atoms with Crippen LogP contribution in [-0.2, 0) is 10.0 Å². The highest BCUT2D eigenvalue weighted by molar-refractivity contribution is 7.89. The summed E-state index contributed by atoms with van der Waals surface area (Å²) >= 11 is 0. The van der Waals surface area contributed by atoms with Crippen molar-refractivity contribution in [3.8, 4) is 0 Å². The maximum Gasteiger partial charge on any atom is 0.240 e. The Morgan fingerprint density at radius 2 is 1.48 bits per heavy atom. The van der Waals surface area contributed by atoms with Gasteiger partial charge in [0.25, 0.3) is 0 Å². The third kappa shape index (κ3) is 5.16. The summed E-state index contributed by atoms with van der Waals surface area (Å²) in [5.41, 5.74) is 0.795. The van der Waals surface area contributed by atoms with Gasteiger partial charge in [0.15, 0.2) is 0 Å². The highest BCUT2D eigenvalue weighted by Gasteiger charge is 2.24. The van der Waals surface area contributed by atoms with E-state index in [0.717, 1.165) is 0 Å². The van der Waals surface area contributed by atoms with Gasteiger partial charge in [-0.15, -0.1) is 0 Å². The molecule has 4 nitrogen and oxygen atoms in total. The fourth-order valence-electron chi connectivity index (χ4n) is 2.42. The number of hydrogen-bond acceptors (Lipinski definition) is 3. The minimum absolute atomic E-state index is 0.132. The second kappa shape index (κ2) is 7.25. The zero-order chi connectivity index (χ0) is 16.9. The molecule has 2 aromatic rings. The molecule has 5 heteroatoms. The number of benzene rings is 2. The average Bonchev–Trinajstić information content (AvgIpc) is 2.54. The van der Waals surface area contributed by atoms with Gasteiger partial charge in [0.05, 0.1) is 4.90 Å². The molecule has 0 heterocycles. The maximum atomic E-state index is 12.3. The molecule has 2 aromatic carbocycles. The molecule has 0 fully saturated rings. The van der Waals surface area contributed by atoms with E-state index in [1.54, 1.807) is 30.3 Å². The SMILES string of the molecule is CC(NC(C)(C)CNS(=O)(=O)c1ccccc1)c1ccccc1. The third-order valence-corrected chi connectivity index (χ3v) is 5.08. The molecule has 0 saturated carbocycles. The van der Waals surface area contributed by atoms with E-state index in [4.69, 9.17) is 0 Å². The summed E-state index contributed by atoms with van der Waals surface area (Å²) in [6.07, 6.45) is 0. The predicted octanol–water partition coefficient (Wildman–Crippen LogP) is 3.09. The molecule has 0 aliphatic rings. The van der Waals surface area contributed by atoms with Crippen molar-refractivity contribution in [3.05, 3.63) is 66.2 Å². The number of hydrogen-bond donors (Lipinski definition) is 2. The molecule has 1 unspecified atom stereocenters. The third-order valence-electron chi connectivity index (χ3n) is 3.66. The maximum absolute atomic E-state index is 12.3. The van der Waals surface area contributed by atoms with Gasteiger partial charge in [-0.25, -0.2) is 13.1 Å². The van der Waals surface area contributed by atoms with Crippen molar-refractivity contribution in [2.45, 2.75) is 37.2 Å². The van der Waals surface area contributed by atoms with Gasteiger partial charge in [-0.05, 0) is 38.5 Å². The van der Waals surface area contributed by atoms with E-state index in [0.29, 0.717) is 6.54 Å². The van der Waals surface area contributed by atoms with Crippen LogP contribution < -0.4 is 10.0 Å². The molecular weight excluding hydrogens is 308 g/mol. The molecule has 2 rings (SSSR count). The van der Waals surface area contributed by atoms with E-state index in [2.05, 4.69) is 29.1 Å². The zero-order valence-corrected chi connectivity index (χ0v) is 14.6. The lowest BCUT2D eigenvalue weighted by molar-refractivity contribution is 0.346. The van der Waals surface area contributed by atoms with Crippen molar-refractivity contribution >= 4 is 10.0 Å². The monoisotopic (exact) mass is 332 g/mol. The highest BCUT2D eigenvalue weighted by Crippen LogP contribution is 2.16. The summed E-state index contributed by atoms with van der Waals surface area (Å²) in [6.45, 7) is 6.35. The molecule has 0 spiro atoms. The van der Waals surface area contributed by atoms with E-state index in [-0.39, 0.29) is 16.5 Å². The van der Waals surface area contributed by atoms with Crippen LogP contribution >= 0.6 is 0 Å². The second-order valence-corrected chi connectivity index (χ2v) is 8.07. The Morgan fingerprint density at radius 1 is 0.957 bits per heavy atom. The summed E-state index contributed by atoms with van der Waals surface area (Å²) in [4.78, 5) is 0.284. The first kappa shape index (κ1) is 17.7. The van der Waals surface area contributed by atoms with Crippen LogP contribution in [-0.4, -0.2) is 20.5 Å². The van der Waals surface area contributed by atoms with Crippen molar-refractivity contribution in [1.82, 2.24) is 10.0 Å². The van der Waals surface area contributed by atoms with Crippen molar-refractivity contribution in [2.24, 2.45) is 0 Å². The summed E-state index contributed by atoms with van der Waals surface area (Å²) < 4.78 is 27.3. The van der Waals surface area contributed by atoms with Crippen LogP contribution in [0, 0.1) is 0 Å². The molecular formula is C18H24N2O2S. The van der Waals surface area contributed by atoms with Gasteiger partial charge in [-0.2, -0.15) is 0 Å². The molecule has 0 aromatic heterocycles. The highest BCUT2D eigenvalue weighted by atomic mass is 32.2. The van der Waals surface area contributed by atoms with Crippen LogP contribution in [0.25, 0.3) is 0 Å². The quantitative estimate of drug-likeness (QED) is 0.819. The van der Waals surface area contributed by atoms with Gasteiger partial charge < -0.3 is 5.32 Å². The first-order valence-corrected chi connectivity index (χ1v) is 9.16. The molecule has 0 amide bonds. The minimum Gasteiger partial charge on any atom is -0.304 e. The molecule has 0 aliphatic heterocycles. The van der Waals surface area contributed by atoms with Crippen molar-refractivity contribution in [2.75, 3.05) is 6.54 Å². The number of nitrogens with one attached hydrogen (secondary N) is 2. The van der Waals surface area contributed by atoms with Crippen LogP contribution in [0.2, 0.25) is 0 Å². The summed E-state index contributed by atoms with van der Waals surface area (Å²) in [6, 6.07) is 18.6. The van der Waals surface area contributed by atoms with Crippen LogP contribution in [0.3, 0.4) is 0 Å². The molecule has 1 atom stereocenters. The summed E-state index contributed by atoms with van der Waals surface area (Å²) in [5.74, 6) is 0. The molecule has 0 saturated heterocycles. The molecule has 2 N–H and O–H groups in total. The Balaban J connectivity index is 1.99. The fourth-order valence-corrected chi connectivity index (χ4v) is 3.65. The molecule has 124 valence electrons. The zero-order valence-electron chi connectivity index (χ0n) is 13.8. The topological polar surface area (TPSA) is 58.2 Å². The Kier molecular flexibility index (Phi) is 5.57. The van der Waals surface area contributed by atoms with Crippen LogP contribution in [0.4, 0.5) is 0 Å². The normalized spacial score (nSPS) is 13.7. The van der Waals surface area contributed by atoms with Crippen molar-refractivity contribution in [3.63, 3.8) is 0 Å². The lowest BCUT2D eigenvalue weighted by Gasteiger charge is -2.30. The summed E-state index contributed by atoms with van der Waals surface area (Å²) in [5, 5.41) is 3.47. The van der Waals surface area contributed by atoms with Crippen LogP contribution in [0.1, 0.15) is 32.4 Å². The van der Waals surface area contributed by atoms with Crippen molar-refractivity contribution in [1.29, 1.82) is 0 Å². The van der Waals surface area contributed by atoms with Gasteiger partial charge in [-0.1, -0.05) is 48.5 Å². The van der Waals surface area contributed by atoms with Gasteiger partial charge in [-0.3, -0.25) is 0 Å². The lowest BCUT2D eigenvalue weighted by Crippen LogP contribution is -2.49. The van der Waals surface area contributed by atoms with E-state index in [1.165, 1.54) is 5.56 Å². The molecule has 0 bridgehead atoms. The van der Waals surface area contributed by atoms with E-state index < -0.39 is 10.0 Å². The Morgan fingerprint density at radius 3 is 2.04 bits per heavy atom. The average molecular weight is 332 g/mol. The summed E-state index contributed by atoms with van der Waals surface area (Å²) in [7, 11) is -3.48. The first-order valence-electron chi connectivity index (χ1n) is 7.67. The van der Waals surface area contributed by atoms with Crippen molar-refractivity contribution < 1.29 is 8.42 Å². The molecule has 23 heavy (non-hydrogen) atoms. The number of rotatable bonds is 7. The Bertz CT molecular complexity index is 713. The molecule has 0 aliphatic carbocycles. The van der Waals surface area contributed by atoms with E-state index in [1.807, 2.05) is 32.0 Å². The Hall–Kier alpha value is -1.69. The molecule has 0 radical (unpaired) electrons. The second-order valence-electron chi connectivity index (χ2n) is 6.30. The standard InChI is InChI=1S/C18H24N2O2S/c1-15(16-10-6-4-7-11-16)20-18(2,3)14-19-23(21,22)17-12-8-5-9-13-17/h4-13,15,19-20H,14H2,1-3H3. The van der Waals surface area contributed by atoms with Gasteiger partial charge >= 0.3 is 0 Å². The smallest absolute Gasteiger partial charge is 0.240 e. The van der Waals surface area contributed by atoms with Crippen LogP contribution in [0.15, 0.2) is 65.6 Å². The first-order chi connectivity index (χ1) is 10.8. The van der Waals surface area contributed by atoms with E-state index in [9.17, 15) is 8.42 Å². The largest absolute Gasteiger partial charge is 0.304 e. The number of sulfonamides is 1. The van der Waals surface area contributed by atoms with Crippen LogP contribution in [0.5, 0.6) is 0 Å². The lowest BCUT2D eigenvalue weighted by atomic mass is 10.0. The van der Waals surface area contributed by atoms with E-state index >= 15 is 0 Å². The van der Waals surface area contributed by atoms with Gasteiger partial charge in [0.1, 0.15) is 0 Å². The minimum atomic E-state index is -3.48.